The van der Waals surface area contributed by atoms with E-state index >= 15 is 0 Å². The third kappa shape index (κ3) is 7.47. The number of amides is 2. The highest BCUT2D eigenvalue weighted by Gasteiger charge is 2.35. The molecule has 0 aliphatic heterocycles. The highest BCUT2D eigenvalue weighted by molar-refractivity contribution is 7.92. The van der Waals surface area contributed by atoms with Crippen LogP contribution < -0.4 is 14.4 Å². The average Bonchev–Trinajstić information content (AvgIpc) is 3.01. The van der Waals surface area contributed by atoms with Crippen LogP contribution in [0.25, 0.3) is 0 Å². The van der Waals surface area contributed by atoms with Crippen molar-refractivity contribution in [2.75, 3.05) is 18.0 Å². The lowest BCUT2D eigenvalue weighted by Gasteiger charge is -2.34. The molecule has 2 amide bonds. The predicted octanol–water partition coefficient (Wildman–Crippen LogP) is 5.15. The Bertz CT molecular complexity index is 1390. The van der Waals surface area contributed by atoms with Crippen molar-refractivity contribution in [1.82, 2.24) is 10.2 Å². The largest absolute Gasteiger partial charge is 0.495 e. The average molecular weight is 578 g/mol. The van der Waals surface area contributed by atoms with E-state index in [0.29, 0.717) is 12.2 Å². The van der Waals surface area contributed by atoms with Gasteiger partial charge in [-0.1, -0.05) is 86.8 Å². The van der Waals surface area contributed by atoms with Gasteiger partial charge in [0.05, 0.1) is 17.7 Å². The van der Waals surface area contributed by atoms with E-state index in [1.54, 1.807) is 42.5 Å². The lowest BCUT2D eigenvalue weighted by atomic mass is 9.95. The Balaban J connectivity index is 1.71. The van der Waals surface area contributed by atoms with Crippen molar-refractivity contribution in [3.05, 3.63) is 90.5 Å². The summed E-state index contributed by atoms with van der Waals surface area (Å²) in [6.45, 7) is 1.54. The third-order valence-electron chi connectivity index (χ3n) is 7.50. The van der Waals surface area contributed by atoms with Gasteiger partial charge in [-0.25, -0.2) is 8.42 Å². The second-order valence-corrected chi connectivity index (χ2v) is 12.1. The molecule has 1 aliphatic carbocycles. The number of ether oxygens (including phenoxy) is 1. The molecule has 218 valence electrons. The summed E-state index contributed by atoms with van der Waals surface area (Å²) in [5.41, 5.74) is 1.09. The van der Waals surface area contributed by atoms with E-state index in [1.165, 1.54) is 24.1 Å². The van der Waals surface area contributed by atoms with Gasteiger partial charge in [-0.2, -0.15) is 0 Å². The fourth-order valence-corrected chi connectivity index (χ4v) is 6.76. The zero-order valence-corrected chi connectivity index (χ0v) is 24.6. The second-order valence-electron chi connectivity index (χ2n) is 10.3. The van der Waals surface area contributed by atoms with Crippen molar-refractivity contribution in [3.63, 3.8) is 0 Å². The molecule has 0 radical (unpaired) electrons. The topological polar surface area (TPSA) is 96.0 Å². The molecule has 1 saturated carbocycles. The van der Waals surface area contributed by atoms with Crippen LogP contribution in [0, 0.1) is 0 Å². The first kappa shape index (κ1) is 30.1. The zero-order chi connectivity index (χ0) is 29.2. The van der Waals surface area contributed by atoms with Gasteiger partial charge >= 0.3 is 0 Å². The number of rotatable bonds is 12. The van der Waals surface area contributed by atoms with E-state index in [4.69, 9.17) is 4.74 Å². The maximum atomic E-state index is 14.2. The van der Waals surface area contributed by atoms with Crippen molar-refractivity contribution < 1.29 is 22.7 Å². The fraction of sp³-hybridized carbons (Fsp3) is 0.375. The summed E-state index contributed by atoms with van der Waals surface area (Å²) in [4.78, 5) is 29.4. The smallest absolute Gasteiger partial charge is 0.264 e. The number of sulfonamides is 1. The van der Waals surface area contributed by atoms with E-state index in [2.05, 4.69) is 5.32 Å². The van der Waals surface area contributed by atoms with E-state index in [9.17, 15) is 18.0 Å². The number of para-hydroxylation sites is 2. The number of hydrogen-bond donors (Lipinski definition) is 1. The molecule has 1 aliphatic rings. The van der Waals surface area contributed by atoms with Crippen LogP contribution in [0.15, 0.2) is 89.8 Å². The predicted molar refractivity (Wildman–Crippen MR) is 160 cm³/mol. The van der Waals surface area contributed by atoms with Gasteiger partial charge in [0.1, 0.15) is 18.3 Å². The summed E-state index contributed by atoms with van der Waals surface area (Å²) in [5, 5.41) is 3.17. The minimum atomic E-state index is -4.16. The van der Waals surface area contributed by atoms with E-state index < -0.39 is 28.5 Å². The molecule has 9 heteroatoms. The molecule has 1 atom stereocenters. The number of benzene rings is 3. The Labute approximate surface area is 243 Å². The Kier molecular flexibility index (Phi) is 10.4. The molecule has 3 aromatic carbocycles. The molecule has 0 spiro atoms. The van der Waals surface area contributed by atoms with Gasteiger partial charge in [0.25, 0.3) is 10.0 Å². The number of carbonyl (C=O) groups excluding carboxylic acids is 2. The van der Waals surface area contributed by atoms with Crippen LogP contribution in [-0.4, -0.2) is 50.9 Å². The van der Waals surface area contributed by atoms with E-state index in [1.807, 2.05) is 37.3 Å². The molecule has 0 unspecified atom stereocenters. The number of nitrogens with zero attached hydrogens (tertiary/aromatic N) is 2. The quantitative estimate of drug-likeness (QED) is 0.321. The van der Waals surface area contributed by atoms with Gasteiger partial charge in [-0.15, -0.1) is 0 Å². The number of methoxy groups -OCH3 is 1. The number of hydrogen-bond acceptors (Lipinski definition) is 5. The van der Waals surface area contributed by atoms with Gasteiger partial charge in [-0.05, 0) is 49.1 Å². The molecule has 0 aromatic heterocycles. The van der Waals surface area contributed by atoms with Crippen LogP contribution >= 0.6 is 0 Å². The Morgan fingerprint density at radius 3 is 2.15 bits per heavy atom. The summed E-state index contributed by atoms with van der Waals surface area (Å²) in [6.07, 6.45) is 5.53. The normalized spacial score (nSPS) is 14.6. The van der Waals surface area contributed by atoms with Crippen LogP contribution in [0.3, 0.4) is 0 Å². The number of anilines is 1. The van der Waals surface area contributed by atoms with Gasteiger partial charge < -0.3 is 15.0 Å². The number of nitrogens with one attached hydrogen (secondary N) is 1. The molecule has 0 saturated heterocycles. The van der Waals surface area contributed by atoms with Gasteiger partial charge in [0.15, 0.2) is 0 Å². The molecule has 4 rings (SSSR count). The summed E-state index contributed by atoms with van der Waals surface area (Å²) in [5.74, 6) is -0.375. The molecule has 8 nitrogen and oxygen atoms in total. The van der Waals surface area contributed by atoms with Crippen molar-refractivity contribution in [1.29, 1.82) is 0 Å². The summed E-state index contributed by atoms with van der Waals surface area (Å²) in [7, 11) is -2.70. The van der Waals surface area contributed by atoms with Gasteiger partial charge in [0, 0.05) is 12.6 Å². The first-order valence-electron chi connectivity index (χ1n) is 14.2. The molecule has 3 aromatic rings. The summed E-state index contributed by atoms with van der Waals surface area (Å²) < 4.78 is 34.5. The van der Waals surface area contributed by atoms with Gasteiger partial charge in [0.2, 0.25) is 11.8 Å². The van der Waals surface area contributed by atoms with Crippen LogP contribution in [0.2, 0.25) is 0 Å². The van der Waals surface area contributed by atoms with E-state index in [-0.39, 0.29) is 29.1 Å². The highest BCUT2D eigenvalue weighted by Crippen LogP contribution is 2.32. The Morgan fingerprint density at radius 2 is 1.51 bits per heavy atom. The molecule has 41 heavy (non-hydrogen) atoms. The molecule has 1 fully saturated rings. The van der Waals surface area contributed by atoms with Crippen molar-refractivity contribution in [2.45, 2.75) is 69.0 Å². The zero-order valence-electron chi connectivity index (χ0n) is 23.7. The summed E-state index contributed by atoms with van der Waals surface area (Å²) in [6, 6.07) is 23.5. The first-order chi connectivity index (χ1) is 19.8. The maximum Gasteiger partial charge on any atom is 0.264 e. The lowest BCUT2D eigenvalue weighted by Crippen LogP contribution is -2.54. The molecular weight excluding hydrogens is 538 g/mol. The van der Waals surface area contributed by atoms with Gasteiger partial charge in [-0.3, -0.25) is 13.9 Å². The second kappa shape index (κ2) is 14.2. The maximum absolute atomic E-state index is 14.2. The molecule has 1 N–H and O–H groups in total. The lowest BCUT2D eigenvalue weighted by molar-refractivity contribution is -0.140. The first-order valence-corrected chi connectivity index (χ1v) is 15.6. The fourth-order valence-electron chi connectivity index (χ4n) is 5.31. The Morgan fingerprint density at radius 1 is 0.902 bits per heavy atom. The Hall–Kier alpha value is -3.85. The van der Waals surface area contributed by atoms with E-state index in [0.717, 1.165) is 42.0 Å². The van der Waals surface area contributed by atoms with Crippen molar-refractivity contribution >= 4 is 27.5 Å². The van der Waals surface area contributed by atoms with Crippen LogP contribution in [0.1, 0.15) is 51.0 Å². The summed E-state index contributed by atoms with van der Waals surface area (Å²) >= 11 is 0. The van der Waals surface area contributed by atoms with Crippen LogP contribution in [0.5, 0.6) is 5.75 Å². The molecular formula is C32H39N3O5S. The molecule has 0 bridgehead atoms. The monoisotopic (exact) mass is 577 g/mol. The highest BCUT2D eigenvalue weighted by atomic mass is 32.2. The number of carbonyl (C=O) groups is 2. The standard InChI is InChI=1S/C32H39N3O5S/c1-3-28(32(37)33-26-17-9-5-10-18-26)34(23-25-15-7-4-8-16-25)31(36)24-35(29-21-13-14-22-30(29)40-2)41(38,39)27-19-11-6-12-20-27/h4,6-8,11-16,19-22,26,28H,3,5,9-10,17-18,23-24H2,1-2H3,(H,33,37)/t28-/m0/s1. The third-order valence-corrected chi connectivity index (χ3v) is 9.27. The van der Waals surface area contributed by atoms with Crippen molar-refractivity contribution in [3.8, 4) is 5.75 Å². The minimum absolute atomic E-state index is 0.0513. The molecule has 0 heterocycles. The van der Waals surface area contributed by atoms with Crippen LogP contribution in [-0.2, 0) is 26.2 Å². The SMILES string of the molecule is CC[C@@H](C(=O)NC1CCCCC1)N(Cc1ccccc1)C(=O)CN(c1ccccc1OC)S(=O)(=O)c1ccccc1. The minimum Gasteiger partial charge on any atom is -0.495 e. The van der Waals surface area contributed by atoms with Crippen molar-refractivity contribution in [2.24, 2.45) is 0 Å². The van der Waals surface area contributed by atoms with Crippen LogP contribution in [0.4, 0.5) is 5.69 Å².